The normalized spacial score (nSPS) is 11.1. The average Bonchev–Trinajstić information content (AvgIpc) is 3.48. The molecule has 0 unspecified atom stereocenters. The maximum Gasteiger partial charge on any atom is 0.0708 e. The van der Waals surface area contributed by atoms with E-state index >= 15 is 0 Å². The first-order chi connectivity index (χ1) is 35.7. The molecule has 3 nitrogen and oxygen atoms in total. The zero-order valence-corrected chi connectivity index (χ0v) is 39.5. The second kappa shape index (κ2) is 19.8. The van der Waals surface area contributed by atoms with Gasteiger partial charge in [0.05, 0.1) is 17.1 Å². The average molecular weight is 918 g/mol. The summed E-state index contributed by atoms with van der Waals surface area (Å²) in [5.41, 5.74) is 23.8. The van der Waals surface area contributed by atoms with Crippen molar-refractivity contribution in [3.63, 3.8) is 0 Å². The maximum atomic E-state index is 5.17. The molecule has 338 valence electrons. The van der Waals surface area contributed by atoms with Gasteiger partial charge in [-0.2, -0.15) is 0 Å². The third kappa shape index (κ3) is 8.95. The maximum absolute atomic E-state index is 5.17. The van der Waals surface area contributed by atoms with E-state index in [2.05, 4.69) is 255 Å². The van der Waals surface area contributed by atoms with Crippen LogP contribution in [0.15, 0.2) is 286 Å². The molecular formula is C69H47N3. The Morgan fingerprint density at radius 3 is 0.875 bits per heavy atom. The van der Waals surface area contributed by atoms with Crippen LogP contribution >= 0.6 is 0 Å². The quantitative estimate of drug-likeness (QED) is 0.130. The number of hydrogen-bond acceptors (Lipinski definition) is 3. The summed E-state index contributed by atoms with van der Waals surface area (Å²) < 4.78 is 0. The van der Waals surface area contributed by atoms with Crippen LogP contribution in [0.4, 0.5) is 0 Å². The van der Waals surface area contributed by atoms with Gasteiger partial charge in [-0.3, -0.25) is 15.0 Å². The van der Waals surface area contributed by atoms with E-state index in [4.69, 9.17) is 15.0 Å². The summed E-state index contributed by atoms with van der Waals surface area (Å²) in [6.07, 6.45) is 6.07. The van der Waals surface area contributed by atoms with Crippen LogP contribution in [0.25, 0.3) is 123 Å². The fraction of sp³-hybridized carbons (Fsp3) is 0. The van der Waals surface area contributed by atoms with Gasteiger partial charge in [0, 0.05) is 52.0 Å². The lowest BCUT2D eigenvalue weighted by molar-refractivity contribution is 1.32. The molecule has 9 aromatic carbocycles. The summed E-state index contributed by atoms with van der Waals surface area (Å²) in [4.78, 5) is 15.1. The fourth-order valence-electron chi connectivity index (χ4n) is 9.85. The predicted octanol–water partition coefficient (Wildman–Crippen LogP) is 18.2. The topological polar surface area (TPSA) is 38.7 Å². The molecule has 3 heterocycles. The van der Waals surface area contributed by atoms with Crippen molar-refractivity contribution in [3.05, 3.63) is 286 Å². The lowest BCUT2D eigenvalue weighted by atomic mass is 9.85. The van der Waals surface area contributed by atoms with Crippen molar-refractivity contribution < 1.29 is 0 Å². The molecule has 0 amide bonds. The summed E-state index contributed by atoms with van der Waals surface area (Å²) >= 11 is 0. The van der Waals surface area contributed by atoms with E-state index < -0.39 is 0 Å². The van der Waals surface area contributed by atoms with E-state index in [1.807, 2.05) is 30.6 Å². The summed E-state index contributed by atoms with van der Waals surface area (Å²) in [6, 6.07) is 94.7. The molecule has 0 saturated heterocycles. The van der Waals surface area contributed by atoms with E-state index in [9.17, 15) is 0 Å². The highest BCUT2D eigenvalue weighted by atomic mass is 14.7. The highest BCUT2D eigenvalue weighted by Gasteiger charge is 2.19. The minimum absolute atomic E-state index is 0.925. The number of nitrogens with zero attached hydrogens (tertiary/aromatic N) is 3. The molecule has 0 fully saturated rings. The van der Waals surface area contributed by atoms with E-state index in [1.54, 1.807) is 0 Å². The van der Waals surface area contributed by atoms with Crippen LogP contribution in [0.3, 0.4) is 0 Å². The van der Waals surface area contributed by atoms with Crippen molar-refractivity contribution in [2.24, 2.45) is 0 Å². The summed E-state index contributed by atoms with van der Waals surface area (Å²) in [5, 5.41) is 0. The molecule has 0 saturated carbocycles. The highest BCUT2D eigenvalue weighted by molar-refractivity contribution is 5.97. The van der Waals surface area contributed by atoms with Gasteiger partial charge in [-0.15, -0.1) is 0 Å². The smallest absolute Gasteiger partial charge is 0.0708 e. The largest absolute Gasteiger partial charge is 0.256 e. The Balaban J connectivity index is 1.03. The number of aromatic nitrogens is 3. The van der Waals surface area contributed by atoms with Crippen molar-refractivity contribution in [1.29, 1.82) is 0 Å². The van der Waals surface area contributed by atoms with Crippen LogP contribution < -0.4 is 0 Å². The lowest BCUT2D eigenvalue weighted by Crippen LogP contribution is -1.95. The molecule has 0 bridgehead atoms. The molecule has 0 radical (unpaired) electrons. The summed E-state index contributed by atoms with van der Waals surface area (Å²) in [5.74, 6) is 0. The molecule has 12 aromatic rings. The zero-order valence-electron chi connectivity index (χ0n) is 39.5. The van der Waals surface area contributed by atoms with Gasteiger partial charge in [0.15, 0.2) is 0 Å². The third-order valence-electron chi connectivity index (χ3n) is 13.5. The second-order valence-electron chi connectivity index (χ2n) is 18.0. The monoisotopic (exact) mass is 917 g/mol. The Bertz CT molecular complexity index is 3650. The fourth-order valence-corrected chi connectivity index (χ4v) is 9.85. The zero-order chi connectivity index (χ0) is 48.1. The third-order valence-corrected chi connectivity index (χ3v) is 13.5. The minimum atomic E-state index is 0.925. The molecule has 12 rings (SSSR count). The Kier molecular flexibility index (Phi) is 12.0. The predicted molar refractivity (Wildman–Crippen MR) is 300 cm³/mol. The molecule has 0 spiro atoms. The first-order valence-electron chi connectivity index (χ1n) is 24.4. The van der Waals surface area contributed by atoms with Crippen LogP contribution in [0, 0.1) is 0 Å². The highest BCUT2D eigenvalue weighted by Crippen LogP contribution is 2.44. The number of pyridine rings is 3. The second-order valence-corrected chi connectivity index (χ2v) is 18.0. The number of benzene rings is 9. The van der Waals surface area contributed by atoms with Crippen LogP contribution in [-0.4, -0.2) is 15.0 Å². The summed E-state index contributed by atoms with van der Waals surface area (Å²) in [6.45, 7) is 0. The van der Waals surface area contributed by atoms with Crippen LogP contribution in [0.5, 0.6) is 0 Å². The van der Waals surface area contributed by atoms with Crippen LogP contribution in [0.2, 0.25) is 0 Å². The Morgan fingerprint density at radius 2 is 0.458 bits per heavy atom. The van der Waals surface area contributed by atoms with Crippen molar-refractivity contribution in [3.8, 4) is 123 Å². The van der Waals surface area contributed by atoms with Crippen LogP contribution in [0.1, 0.15) is 0 Å². The molecule has 3 aromatic heterocycles. The van der Waals surface area contributed by atoms with Gasteiger partial charge in [-0.1, -0.05) is 231 Å². The van der Waals surface area contributed by atoms with Crippen molar-refractivity contribution in [2.45, 2.75) is 0 Å². The Morgan fingerprint density at radius 1 is 0.153 bits per heavy atom. The number of hydrogen-bond donors (Lipinski definition) is 0. The van der Waals surface area contributed by atoms with E-state index in [0.717, 1.165) is 112 Å². The molecule has 0 N–H and O–H groups in total. The SMILES string of the molecule is c1ccc(-c2ccc(-c3cc(-c4ccccc4)ncc3-c3ccccc3-c3cc(-c4ccccc4-c4ccc(-c5ccccc5)nc4)cc(-c4ccccc4-c4ccc(-c5ccccc5)nc4)c3)cc2)cc1. The first kappa shape index (κ1) is 43.7. The van der Waals surface area contributed by atoms with E-state index in [0.29, 0.717) is 0 Å². The standard InChI is InChI=1S/C69H47N3/c1-5-19-48(20-6-1)49-33-35-50(36-34-49)65-44-69(53-25-11-4-12-26-53)72-47-66(65)64-32-18-17-31-63(64)58-42-56(61-29-15-13-27-59(61)54-37-39-67(70-45-54)51-21-7-2-8-22-51)41-57(43-58)62-30-16-14-28-60(62)55-38-40-68(71-46-55)52-23-9-3-10-24-52/h1-47H. The lowest BCUT2D eigenvalue weighted by Gasteiger charge is -2.19. The molecule has 3 heteroatoms. The molecule has 0 aliphatic heterocycles. The van der Waals surface area contributed by atoms with Crippen molar-refractivity contribution in [2.75, 3.05) is 0 Å². The van der Waals surface area contributed by atoms with Crippen molar-refractivity contribution >= 4 is 0 Å². The van der Waals surface area contributed by atoms with Gasteiger partial charge in [-0.25, -0.2) is 0 Å². The van der Waals surface area contributed by atoms with Gasteiger partial charge < -0.3 is 0 Å². The minimum Gasteiger partial charge on any atom is -0.256 e. The van der Waals surface area contributed by atoms with Gasteiger partial charge in [0.1, 0.15) is 0 Å². The molecule has 0 aliphatic carbocycles. The Hall–Kier alpha value is -9.57. The molecule has 72 heavy (non-hydrogen) atoms. The van der Waals surface area contributed by atoms with Crippen LogP contribution in [-0.2, 0) is 0 Å². The van der Waals surface area contributed by atoms with Gasteiger partial charge >= 0.3 is 0 Å². The first-order valence-corrected chi connectivity index (χ1v) is 24.4. The molecular weight excluding hydrogens is 871 g/mol. The van der Waals surface area contributed by atoms with Gasteiger partial charge in [0.25, 0.3) is 0 Å². The number of rotatable bonds is 11. The van der Waals surface area contributed by atoms with Gasteiger partial charge in [0.2, 0.25) is 0 Å². The Labute approximate surface area is 421 Å². The van der Waals surface area contributed by atoms with Gasteiger partial charge in [-0.05, 0) is 109 Å². The molecule has 0 aliphatic rings. The van der Waals surface area contributed by atoms with E-state index in [-0.39, 0.29) is 0 Å². The molecule has 0 atom stereocenters. The van der Waals surface area contributed by atoms with Crippen molar-refractivity contribution in [1.82, 2.24) is 15.0 Å². The van der Waals surface area contributed by atoms with E-state index in [1.165, 1.54) is 11.1 Å². The summed E-state index contributed by atoms with van der Waals surface area (Å²) in [7, 11) is 0.